The zero-order valence-corrected chi connectivity index (χ0v) is 12.6. The molecule has 0 fully saturated rings. The van der Waals surface area contributed by atoms with Gasteiger partial charge in [0.15, 0.2) is 0 Å². The molecule has 0 aliphatic carbocycles. The fraction of sp³-hybridized carbons (Fsp3) is 0.375. The molecule has 1 amide bonds. The van der Waals surface area contributed by atoms with Crippen LogP contribution in [0, 0.1) is 6.92 Å². The number of hydrogen-bond donors (Lipinski definition) is 1. The number of imidazole rings is 1. The van der Waals surface area contributed by atoms with Gasteiger partial charge < -0.3 is 15.2 Å². The standard InChI is InChI=1S/C16H22N4O/c1-3-20(10-14-7-5-4-6-13(14)2)16(21)15-11-19(9-8-17)12-18-15/h4-7,11-12H,3,8-10,17H2,1-2H3. The van der Waals surface area contributed by atoms with Crippen LogP contribution in [0.3, 0.4) is 0 Å². The monoisotopic (exact) mass is 286 g/mol. The summed E-state index contributed by atoms with van der Waals surface area (Å²) >= 11 is 0. The molecule has 112 valence electrons. The molecular weight excluding hydrogens is 264 g/mol. The molecule has 0 spiro atoms. The molecule has 1 aromatic carbocycles. The molecule has 0 unspecified atom stereocenters. The molecule has 0 bridgehead atoms. The molecule has 1 heterocycles. The van der Waals surface area contributed by atoms with Crippen molar-refractivity contribution >= 4 is 5.91 Å². The Labute approximate surface area is 125 Å². The van der Waals surface area contributed by atoms with Crippen molar-refractivity contribution in [1.29, 1.82) is 0 Å². The summed E-state index contributed by atoms with van der Waals surface area (Å²) in [6.07, 6.45) is 3.41. The fourth-order valence-electron chi connectivity index (χ4n) is 2.22. The summed E-state index contributed by atoms with van der Waals surface area (Å²) in [5.41, 5.74) is 8.33. The van der Waals surface area contributed by atoms with Crippen LogP contribution in [0.4, 0.5) is 0 Å². The van der Waals surface area contributed by atoms with Gasteiger partial charge in [-0.05, 0) is 25.0 Å². The molecule has 21 heavy (non-hydrogen) atoms. The lowest BCUT2D eigenvalue weighted by Crippen LogP contribution is -2.30. The average Bonchev–Trinajstić information content (AvgIpc) is 2.95. The second-order valence-corrected chi connectivity index (χ2v) is 5.03. The molecule has 0 saturated carbocycles. The van der Waals surface area contributed by atoms with E-state index in [0.717, 1.165) is 5.56 Å². The summed E-state index contributed by atoms with van der Waals surface area (Å²) in [6, 6.07) is 8.12. The average molecular weight is 286 g/mol. The highest BCUT2D eigenvalue weighted by molar-refractivity contribution is 5.92. The maximum Gasteiger partial charge on any atom is 0.274 e. The lowest BCUT2D eigenvalue weighted by Gasteiger charge is -2.21. The first kappa shape index (κ1) is 15.3. The topological polar surface area (TPSA) is 64.2 Å². The van der Waals surface area contributed by atoms with Gasteiger partial charge in [-0.1, -0.05) is 24.3 Å². The number of nitrogens with zero attached hydrogens (tertiary/aromatic N) is 3. The van der Waals surface area contributed by atoms with Crippen molar-refractivity contribution in [2.24, 2.45) is 5.73 Å². The summed E-state index contributed by atoms with van der Waals surface area (Å²) in [6.45, 7) is 6.49. The number of hydrogen-bond acceptors (Lipinski definition) is 3. The van der Waals surface area contributed by atoms with Crippen molar-refractivity contribution in [3.05, 3.63) is 53.6 Å². The Morgan fingerprint density at radius 1 is 1.38 bits per heavy atom. The Morgan fingerprint density at radius 2 is 2.14 bits per heavy atom. The summed E-state index contributed by atoms with van der Waals surface area (Å²) in [4.78, 5) is 18.5. The highest BCUT2D eigenvalue weighted by Crippen LogP contribution is 2.12. The van der Waals surface area contributed by atoms with Crippen LogP contribution in [0.1, 0.15) is 28.5 Å². The van der Waals surface area contributed by atoms with Gasteiger partial charge in [0.2, 0.25) is 0 Å². The number of rotatable bonds is 6. The number of aryl methyl sites for hydroxylation is 1. The largest absolute Gasteiger partial charge is 0.335 e. The highest BCUT2D eigenvalue weighted by atomic mass is 16.2. The molecule has 2 aromatic rings. The van der Waals surface area contributed by atoms with Gasteiger partial charge in [0.25, 0.3) is 5.91 Å². The first-order valence-corrected chi connectivity index (χ1v) is 7.21. The van der Waals surface area contributed by atoms with Crippen LogP contribution in [0.15, 0.2) is 36.8 Å². The summed E-state index contributed by atoms with van der Waals surface area (Å²) in [5, 5.41) is 0. The Bertz CT molecular complexity index is 606. The molecule has 5 heteroatoms. The Morgan fingerprint density at radius 3 is 2.81 bits per heavy atom. The van der Waals surface area contributed by atoms with Gasteiger partial charge >= 0.3 is 0 Å². The lowest BCUT2D eigenvalue weighted by atomic mass is 10.1. The number of carbonyl (C=O) groups excluding carboxylic acids is 1. The van der Waals surface area contributed by atoms with Crippen LogP contribution < -0.4 is 5.73 Å². The van der Waals surface area contributed by atoms with E-state index in [1.807, 2.05) is 23.6 Å². The van der Waals surface area contributed by atoms with Gasteiger partial charge in [-0.15, -0.1) is 0 Å². The van der Waals surface area contributed by atoms with Gasteiger partial charge in [-0.3, -0.25) is 4.79 Å². The van der Waals surface area contributed by atoms with E-state index in [9.17, 15) is 4.79 Å². The van der Waals surface area contributed by atoms with Crippen molar-refractivity contribution in [1.82, 2.24) is 14.5 Å². The minimum absolute atomic E-state index is 0.0449. The minimum atomic E-state index is -0.0449. The first-order valence-electron chi connectivity index (χ1n) is 7.21. The number of benzene rings is 1. The summed E-state index contributed by atoms with van der Waals surface area (Å²) in [7, 11) is 0. The van der Waals surface area contributed by atoms with E-state index in [1.165, 1.54) is 5.56 Å². The molecule has 2 rings (SSSR count). The number of nitrogens with two attached hydrogens (primary N) is 1. The quantitative estimate of drug-likeness (QED) is 0.881. The third-order valence-corrected chi connectivity index (χ3v) is 3.53. The van der Waals surface area contributed by atoms with E-state index in [2.05, 4.69) is 24.0 Å². The molecule has 5 nitrogen and oxygen atoms in total. The molecule has 0 saturated heterocycles. The predicted octanol–water partition coefficient (Wildman–Crippen LogP) is 1.81. The van der Waals surface area contributed by atoms with Crippen molar-refractivity contribution in [2.45, 2.75) is 26.9 Å². The van der Waals surface area contributed by atoms with Crippen LogP contribution >= 0.6 is 0 Å². The molecule has 0 aliphatic rings. The van der Waals surface area contributed by atoms with Crippen molar-refractivity contribution < 1.29 is 4.79 Å². The number of aromatic nitrogens is 2. The summed E-state index contributed by atoms with van der Waals surface area (Å²) in [5.74, 6) is -0.0449. The number of amides is 1. The predicted molar refractivity (Wildman–Crippen MR) is 82.9 cm³/mol. The maximum atomic E-state index is 12.5. The van der Waals surface area contributed by atoms with Crippen LogP contribution in [-0.4, -0.2) is 33.4 Å². The Balaban J connectivity index is 2.12. The van der Waals surface area contributed by atoms with E-state index >= 15 is 0 Å². The van der Waals surface area contributed by atoms with Gasteiger partial charge in [0, 0.05) is 32.4 Å². The van der Waals surface area contributed by atoms with Gasteiger partial charge in [0.1, 0.15) is 5.69 Å². The van der Waals surface area contributed by atoms with E-state index < -0.39 is 0 Å². The molecule has 0 atom stereocenters. The molecular formula is C16H22N4O. The van der Waals surface area contributed by atoms with E-state index in [1.54, 1.807) is 17.4 Å². The molecule has 2 N–H and O–H groups in total. The third kappa shape index (κ3) is 3.70. The zero-order chi connectivity index (χ0) is 15.2. The number of carbonyl (C=O) groups is 1. The second-order valence-electron chi connectivity index (χ2n) is 5.03. The van der Waals surface area contributed by atoms with Crippen molar-refractivity contribution in [3.63, 3.8) is 0 Å². The van der Waals surface area contributed by atoms with E-state index in [-0.39, 0.29) is 5.91 Å². The zero-order valence-electron chi connectivity index (χ0n) is 12.6. The van der Waals surface area contributed by atoms with Crippen LogP contribution in [0.2, 0.25) is 0 Å². The highest BCUT2D eigenvalue weighted by Gasteiger charge is 2.17. The normalized spacial score (nSPS) is 10.6. The van der Waals surface area contributed by atoms with E-state index in [4.69, 9.17) is 5.73 Å². The van der Waals surface area contributed by atoms with Crippen LogP contribution in [-0.2, 0) is 13.1 Å². The van der Waals surface area contributed by atoms with Gasteiger partial charge in [0.05, 0.1) is 6.33 Å². The Hall–Kier alpha value is -2.14. The molecule has 0 radical (unpaired) electrons. The second kappa shape index (κ2) is 7.04. The smallest absolute Gasteiger partial charge is 0.274 e. The van der Waals surface area contributed by atoms with Crippen LogP contribution in [0.25, 0.3) is 0 Å². The van der Waals surface area contributed by atoms with Crippen molar-refractivity contribution in [2.75, 3.05) is 13.1 Å². The maximum absolute atomic E-state index is 12.5. The fourth-order valence-corrected chi connectivity index (χ4v) is 2.22. The molecule has 0 aliphatic heterocycles. The summed E-state index contributed by atoms with van der Waals surface area (Å²) < 4.78 is 1.84. The minimum Gasteiger partial charge on any atom is -0.335 e. The molecule has 1 aromatic heterocycles. The van der Waals surface area contributed by atoms with Gasteiger partial charge in [-0.25, -0.2) is 4.98 Å². The SMILES string of the molecule is CCN(Cc1ccccc1C)C(=O)c1cn(CCN)cn1. The van der Waals surface area contributed by atoms with Crippen molar-refractivity contribution in [3.8, 4) is 0 Å². The first-order chi connectivity index (χ1) is 10.2. The van der Waals surface area contributed by atoms with E-state index in [0.29, 0.717) is 31.9 Å². The lowest BCUT2D eigenvalue weighted by molar-refractivity contribution is 0.0747. The Kier molecular flexibility index (Phi) is 5.11. The van der Waals surface area contributed by atoms with Crippen LogP contribution in [0.5, 0.6) is 0 Å². The van der Waals surface area contributed by atoms with Gasteiger partial charge in [-0.2, -0.15) is 0 Å². The third-order valence-electron chi connectivity index (χ3n) is 3.53.